The molecule has 1 aromatic carbocycles. The second-order valence-electron chi connectivity index (χ2n) is 3.43. The van der Waals surface area contributed by atoms with Gasteiger partial charge in [0.1, 0.15) is 0 Å². The number of hydrogen-bond acceptors (Lipinski definition) is 2. The van der Waals surface area contributed by atoms with Gasteiger partial charge in [0.15, 0.2) is 0 Å². The molecular weight excluding hydrogens is 274 g/mol. The van der Waals surface area contributed by atoms with Crippen molar-refractivity contribution in [3.63, 3.8) is 0 Å². The van der Waals surface area contributed by atoms with Crippen molar-refractivity contribution in [3.05, 3.63) is 34.4 Å². The van der Waals surface area contributed by atoms with Crippen molar-refractivity contribution in [2.24, 2.45) is 0 Å². The number of carbonyl (C=O) groups is 1. The Morgan fingerprint density at radius 3 is 2.81 bits per heavy atom. The standard InChI is InChI=1S/C11H10BrNO3/c12-7-1-2-8-9(11(15)16)6-13(3-4-14)10(8)5-7/h1-2,5-6,14H,3-4H2,(H,15,16). The topological polar surface area (TPSA) is 62.5 Å². The van der Waals surface area contributed by atoms with Crippen LogP contribution in [-0.4, -0.2) is 27.4 Å². The smallest absolute Gasteiger partial charge is 0.337 e. The summed E-state index contributed by atoms with van der Waals surface area (Å²) in [5, 5.41) is 18.6. The number of aromatic nitrogens is 1. The lowest BCUT2D eigenvalue weighted by atomic mass is 10.2. The molecule has 0 unspecified atom stereocenters. The lowest BCUT2D eigenvalue weighted by Gasteiger charge is -2.01. The molecule has 84 valence electrons. The maximum Gasteiger partial charge on any atom is 0.337 e. The predicted octanol–water partition coefficient (Wildman–Crippen LogP) is 2.09. The van der Waals surface area contributed by atoms with E-state index in [1.165, 1.54) is 0 Å². The zero-order valence-electron chi connectivity index (χ0n) is 8.35. The van der Waals surface area contributed by atoms with Crippen molar-refractivity contribution in [2.45, 2.75) is 6.54 Å². The van der Waals surface area contributed by atoms with E-state index in [1.54, 1.807) is 22.9 Å². The number of aromatic carboxylic acids is 1. The molecule has 2 rings (SSSR count). The van der Waals surface area contributed by atoms with Crippen LogP contribution in [0.1, 0.15) is 10.4 Å². The first-order valence-corrected chi connectivity index (χ1v) is 5.55. The summed E-state index contributed by atoms with van der Waals surface area (Å²) in [7, 11) is 0. The van der Waals surface area contributed by atoms with Crippen molar-refractivity contribution in [1.29, 1.82) is 0 Å². The second-order valence-corrected chi connectivity index (χ2v) is 4.34. The van der Waals surface area contributed by atoms with Crippen molar-refractivity contribution in [2.75, 3.05) is 6.61 Å². The van der Waals surface area contributed by atoms with Gasteiger partial charge in [-0.1, -0.05) is 22.0 Å². The third kappa shape index (κ3) is 1.83. The molecule has 2 N–H and O–H groups in total. The molecule has 0 aliphatic heterocycles. The number of nitrogens with zero attached hydrogens (tertiary/aromatic N) is 1. The Balaban J connectivity index is 2.71. The molecule has 5 heteroatoms. The largest absolute Gasteiger partial charge is 0.478 e. The minimum absolute atomic E-state index is 0.0185. The number of carboxylic acid groups (broad SMARTS) is 1. The van der Waals surface area contributed by atoms with Gasteiger partial charge in [0.2, 0.25) is 0 Å². The van der Waals surface area contributed by atoms with Crippen LogP contribution in [0, 0.1) is 0 Å². The van der Waals surface area contributed by atoms with Gasteiger partial charge >= 0.3 is 5.97 Å². The van der Waals surface area contributed by atoms with Gasteiger partial charge in [-0.2, -0.15) is 0 Å². The maximum absolute atomic E-state index is 11.0. The summed E-state index contributed by atoms with van der Waals surface area (Å²) in [6.45, 7) is 0.371. The molecule has 0 fully saturated rings. The van der Waals surface area contributed by atoms with Crippen LogP contribution in [0.2, 0.25) is 0 Å². The summed E-state index contributed by atoms with van der Waals surface area (Å²) >= 11 is 3.34. The van der Waals surface area contributed by atoms with Crippen molar-refractivity contribution >= 4 is 32.8 Å². The summed E-state index contributed by atoms with van der Waals surface area (Å²) in [4.78, 5) is 11.0. The van der Waals surface area contributed by atoms with E-state index in [0.717, 1.165) is 9.99 Å². The number of carboxylic acids is 1. The fourth-order valence-electron chi connectivity index (χ4n) is 1.73. The lowest BCUT2D eigenvalue weighted by Crippen LogP contribution is -2.00. The first-order chi connectivity index (χ1) is 7.63. The summed E-state index contributed by atoms with van der Waals surface area (Å²) in [6.07, 6.45) is 1.55. The van der Waals surface area contributed by atoms with E-state index in [2.05, 4.69) is 15.9 Å². The van der Waals surface area contributed by atoms with Crippen LogP contribution in [0.25, 0.3) is 10.9 Å². The molecular formula is C11H10BrNO3. The van der Waals surface area contributed by atoms with Crippen molar-refractivity contribution in [1.82, 2.24) is 4.57 Å². The van der Waals surface area contributed by atoms with Crippen LogP contribution in [0.15, 0.2) is 28.9 Å². The minimum Gasteiger partial charge on any atom is -0.478 e. The first-order valence-electron chi connectivity index (χ1n) is 4.76. The summed E-state index contributed by atoms with van der Waals surface area (Å²) in [6, 6.07) is 5.41. The van der Waals surface area contributed by atoms with E-state index < -0.39 is 5.97 Å². The van der Waals surface area contributed by atoms with E-state index in [4.69, 9.17) is 10.2 Å². The molecule has 4 nitrogen and oxygen atoms in total. The highest BCUT2D eigenvalue weighted by atomic mass is 79.9. The molecule has 0 radical (unpaired) electrons. The highest BCUT2D eigenvalue weighted by Gasteiger charge is 2.13. The van der Waals surface area contributed by atoms with Gasteiger partial charge in [-0.05, 0) is 12.1 Å². The number of aliphatic hydroxyl groups excluding tert-OH is 1. The molecule has 0 aliphatic carbocycles. The molecule has 0 atom stereocenters. The normalized spacial score (nSPS) is 10.9. The van der Waals surface area contributed by atoms with Crippen LogP contribution in [0.3, 0.4) is 0 Å². The SMILES string of the molecule is O=C(O)c1cn(CCO)c2cc(Br)ccc12. The molecule has 0 saturated carbocycles. The third-order valence-electron chi connectivity index (χ3n) is 2.42. The summed E-state index contributed by atoms with van der Waals surface area (Å²) in [5.74, 6) is -0.955. The van der Waals surface area contributed by atoms with Crippen LogP contribution in [0.5, 0.6) is 0 Å². The van der Waals surface area contributed by atoms with Crippen LogP contribution in [0.4, 0.5) is 0 Å². The molecule has 16 heavy (non-hydrogen) atoms. The van der Waals surface area contributed by atoms with E-state index in [1.807, 2.05) is 6.07 Å². The lowest BCUT2D eigenvalue weighted by molar-refractivity contribution is 0.0698. The monoisotopic (exact) mass is 283 g/mol. The van der Waals surface area contributed by atoms with E-state index in [9.17, 15) is 4.79 Å². The Morgan fingerprint density at radius 2 is 2.19 bits per heavy atom. The Bertz CT molecular complexity index is 547. The number of rotatable bonds is 3. The Kier molecular flexibility index (Phi) is 2.98. The predicted molar refractivity (Wildman–Crippen MR) is 63.7 cm³/mol. The van der Waals surface area contributed by atoms with Gasteiger partial charge in [-0.25, -0.2) is 4.79 Å². The van der Waals surface area contributed by atoms with Crippen LogP contribution in [-0.2, 0) is 6.54 Å². The quantitative estimate of drug-likeness (QED) is 0.907. The molecule has 0 aliphatic rings. The zero-order chi connectivity index (χ0) is 11.7. The molecule has 0 bridgehead atoms. The van der Waals surface area contributed by atoms with Gasteiger partial charge in [0.05, 0.1) is 17.7 Å². The molecule has 0 amide bonds. The van der Waals surface area contributed by atoms with E-state index >= 15 is 0 Å². The number of benzene rings is 1. The third-order valence-corrected chi connectivity index (χ3v) is 2.91. The summed E-state index contributed by atoms with van der Waals surface area (Å²) in [5.41, 5.74) is 1.07. The van der Waals surface area contributed by atoms with Gasteiger partial charge in [0.25, 0.3) is 0 Å². The average molecular weight is 284 g/mol. The Hall–Kier alpha value is -1.33. The minimum atomic E-state index is -0.955. The van der Waals surface area contributed by atoms with Gasteiger partial charge in [0, 0.05) is 22.6 Å². The fraction of sp³-hybridized carbons (Fsp3) is 0.182. The maximum atomic E-state index is 11.0. The first kappa shape index (κ1) is 11.2. The Morgan fingerprint density at radius 1 is 1.44 bits per heavy atom. The fourth-order valence-corrected chi connectivity index (χ4v) is 2.08. The highest BCUT2D eigenvalue weighted by molar-refractivity contribution is 9.10. The van der Waals surface area contributed by atoms with Gasteiger partial charge < -0.3 is 14.8 Å². The highest BCUT2D eigenvalue weighted by Crippen LogP contribution is 2.25. The number of fused-ring (bicyclic) bond motifs is 1. The number of aliphatic hydroxyl groups is 1. The summed E-state index contributed by atoms with van der Waals surface area (Å²) < 4.78 is 2.62. The molecule has 1 aromatic heterocycles. The zero-order valence-corrected chi connectivity index (χ0v) is 9.94. The van der Waals surface area contributed by atoms with E-state index in [-0.39, 0.29) is 12.2 Å². The number of halogens is 1. The molecule has 1 heterocycles. The Labute approximate surface area is 100 Å². The number of hydrogen-bond donors (Lipinski definition) is 2. The molecule has 0 spiro atoms. The van der Waals surface area contributed by atoms with E-state index in [0.29, 0.717) is 11.9 Å². The van der Waals surface area contributed by atoms with Crippen molar-refractivity contribution < 1.29 is 15.0 Å². The van der Waals surface area contributed by atoms with Crippen LogP contribution < -0.4 is 0 Å². The second kappa shape index (κ2) is 4.27. The van der Waals surface area contributed by atoms with Gasteiger partial charge in [-0.3, -0.25) is 0 Å². The van der Waals surface area contributed by atoms with Crippen LogP contribution >= 0.6 is 15.9 Å². The van der Waals surface area contributed by atoms with Gasteiger partial charge in [-0.15, -0.1) is 0 Å². The van der Waals surface area contributed by atoms with Crippen molar-refractivity contribution in [3.8, 4) is 0 Å². The molecule has 2 aromatic rings. The molecule has 0 saturated heterocycles. The average Bonchev–Trinajstić information content (AvgIpc) is 2.58.